The van der Waals surface area contributed by atoms with Gasteiger partial charge < -0.3 is 4.57 Å². The molecule has 148 valence electrons. The third-order valence-corrected chi connectivity index (χ3v) is 6.40. The molecule has 2 heterocycles. The second-order valence-corrected chi connectivity index (χ2v) is 8.48. The maximum Gasteiger partial charge on any atom is 0.260 e. The third kappa shape index (κ3) is 4.29. The molecule has 0 saturated carbocycles. The van der Waals surface area contributed by atoms with E-state index in [1.807, 2.05) is 29.8 Å². The van der Waals surface area contributed by atoms with Crippen molar-refractivity contribution in [3.8, 4) is 0 Å². The van der Waals surface area contributed by atoms with Crippen LogP contribution in [0.15, 0.2) is 55.1 Å². The number of rotatable bonds is 6. The van der Waals surface area contributed by atoms with E-state index in [9.17, 15) is 4.79 Å². The second-order valence-electron chi connectivity index (χ2n) is 6.66. The predicted octanol–water partition coefficient (Wildman–Crippen LogP) is 5.85. The summed E-state index contributed by atoms with van der Waals surface area (Å²) >= 11 is 13.8. The Labute approximate surface area is 182 Å². The molecule has 0 N–H and O–H groups in total. The lowest BCUT2D eigenvalue weighted by molar-refractivity contribution is 0.0986. The summed E-state index contributed by atoms with van der Waals surface area (Å²) in [7, 11) is 0. The normalized spacial score (nSPS) is 11.1. The molecular weight excluding hydrogens is 427 g/mol. The molecule has 1 amide bonds. The summed E-state index contributed by atoms with van der Waals surface area (Å²) in [6, 6.07) is 10.7. The summed E-state index contributed by atoms with van der Waals surface area (Å²) < 4.78 is 2.88. The van der Waals surface area contributed by atoms with E-state index in [2.05, 4.69) is 4.98 Å². The zero-order valence-corrected chi connectivity index (χ0v) is 18.0. The van der Waals surface area contributed by atoms with Crippen molar-refractivity contribution < 1.29 is 4.79 Å². The van der Waals surface area contributed by atoms with E-state index < -0.39 is 0 Å². The first-order valence-corrected chi connectivity index (χ1v) is 10.7. The Balaban J connectivity index is 1.67. The van der Waals surface area contributed by atoms with Crippen LogP contribution in [0.3, 0.4) is 0 Å². The largest absolute Gasteiger partial charge is 0.337 e. The fourth-order valence-corrected chi connectivity index (χ4v) is 4.54. The number of carbonyl (C=O) groups excluding carboxylic acids is 1. The Morgan fingerprint density at radius 1 is 1.17 bits per heavy atom. The maximum absolute atomic E-state index is 13.3. The average Bonchev–Trinajstić information content (AvgIpc) is 3.39. The molecule has 0 spiro atoms. The molecule has 5 nitrogen and oxygen atoms in total. The first-order chi connectivity index (χ1) is 14.0. The highest BCUT2D eigenvalue weighted by Gasteiger charge is 2.22. The molecule has 0 atom stereocenters. The van der Waals surface area contributed by atoms with E-state index in [0.29, 0.717) is 27.3 Å². The fraction of sp³-hybridized carbons (Fsp3) is 0.190. The quantitative estimate of drug-likeness (QED) is 0.374. The molecule has 0 bridgehead atoms. The lowest BCUT2D eigenvalue weighted by Gasteiger charge is -2.20. The minimum Gasteiger partial charge on any atom is -0.337 e. The van der Waals surface area contributed by atoms with E-state index in [1.54, 1.807) is 41.7 Å². The van der Waals surface area contributed by atoms with Crippen molar-refractivity contribution in [1.82, 2.24) is 14.5 Å². The molecule has 8 heteroatoms. The molecule has 0 fully saturated rings. The van der Waals surface area contributed by atoms with Gasteiger partial charge in [-0.1, -0.05) is 40.6 Å². The number of halogens is 2. The van der Waals surface area contributed by atoms with Crippen LogP contribution >= 0.6 is 34.5 Å². The van der Waals surface area contributed by atoms with Crippen molar-refractivity contribution in [2.45, 2.75) is 19.9 Å². The van der Waals surface area contributed by atoms with Crippen LogP contribution in [-0.2, 0) is 6.54 Å². The third-order valence-electron chi connectivity index (χ3n) is 4.61. The first kappa shape index (κ1) is 19.9. The zero-order chi connectivity index (χ0) is 20.4. The molecule has 4 aromatic rings. The van der Waals surface area contributed by atoms with E-state index in [1.165, 1.54) is 11.3 Å². The van der Waals surface area contributed by atoms with Gasteiger partial charge >= 0.3 is 0 Å². The molecule has 0 aliphatic carbocycles. The van der Waals surface area contributed by atoms with Crippen LogP contribution in [0, 0.1) is 6.92 Å². The van der Waals surface area contributed by atoms with Gasteiger partial charge in [-0.3, -0.25) is 9.69 Å². The van der Waals surface area contributed by atoms with E-state index >= 15 is 0 Å². The Kier molecular flexibility index (Phi) is 5.85. The van der Waals surface area contributed by atoms with Gasteiger partial charge in [0.1, 0.15) is 0 Å². The molecule has 0 saturated heterocycles. The number of imidazole rings is 1. The number of aromatic nitrogens is 3. The summed E-state index contributed by atoms with van der Waals surface area (Å²) in [4.78, 5) is 23.8. The molecule has 0 aliphatic heterocycles. The number of benzene rings is 2. The van der Waals surface area contributed by atoms with E-state index in [4.69, 9.17) is 28.2 Å². The molecule has 2 aromatic heterocycles. The van der Waals surface area contributed by atoms with Gasteiger partial charge in [0.05, 0.1) is 21.6 Å². The van der Waals surface area contributed by atoms with Crippen LogP contribution in [0.4, 0.5) is 5.13 Å². The fourth-order valence-electron chi connectivity index (χ4n) is 3.07. The molecule has 0 unspecified atom stereocenters. The Morgan fingerprint density at radius 3 is 2.66 bits per heavy atom. The van der Waals surface area contributed by atoms with Crippen molar-refractivity contribution in [3.05, 3.63) is 76.3 Å². The highest BCUT2D eigenvalue weighted by Crippen LogP contribution is 2.36. The summed E-state index contributed by atoms with van der Waals surface area (Å²) in [5, 5.41) is 1.88. The van der Waals surface area contributed by atoms with Crippen LogP contribution in [0.1, 0.15) is 22.3 Å². The first-order valence-electron chi connectivity index (χ1n) is 9.12. The Bertz CT molecular complexity index is 1100. The van der Waals surface area contributed by atoms with Gasteiger partial charge in [0.25, 0.3) is 5.91 Å². The lowest BCUT2D eigenvalue weighted by atomic mass is 10.2. The van der Waals surface area contributed by atoms with Crippen molar-refractivity contribution in [3.63, 3.8) is 0 Å². The predicted molar refractivity (Wildman–Crippen MR) is 119 cm³/mol. The highest BCUT2D eigenvalue weighted by molar-refractivity contribution is 7.23. The summed E-state index contributed by atoms with van der Waals surface area (Å²) in [6.07, 6.45) is 6.19. The number of nitrogens with zero attached hydrogens (tertiary/aromatic N) is 4. The van der Waals surface area contributed by atoms with Crippen molar-refractivity contribution in [1.29, 1.82) is 0 Å². The standard InChI is InChI=1S/C21H18Cl2N4OS/c1-14-3-8-17(23)19-18(14)25-21(29-19)27(11-2-10-26-12-9-24-13-26)20(28)15-4-6-16(22)7-5-15/h3-9,12-13H,2,10-11H2,1H3. The second kappa shape index (κ2) is 8.53. The number of amides is 1. The molecule has 2 aromatic carbocycles. The van der Waals surface area contributed by atoms with Crippen LogP contribution in [0.5, 0.6) is 0 Å². The summed E-state index contributed by atoms with van der Waals surface area (Å²) in [6.45, 7) is 3.28. The van der Waals surface area contributed by atoms with Gasteiger partial charge in [-0.25, -0.2) is 9.97 Å². The van der Waals surface area contributed by atoms with Crippen LogP contribution in [0.2, 0.25) is 10.0 Å². The summed E-state index contributed by atoms with van der Waals surface area (Å²) in [5.41, 5.74) is 2.43. The monoisotopic (exact) mass is 444 g/mol. The summed E-state index contributed by atoms with van der Waals surface area (Å²) in [5.74, 6) is -0.111. The molecule has 0 radical (unpaired) electrons. The minimum absolute atomic E-state index is 0.111. The Hall–Kier alpha value is -2.41. The van der Waals surface area contributed by atoms with E-state index in [-0.39, 0.29) is 5.91 Å². The van der Waals surface area contributed by atoms with Crippen molar-refractivity contribution >= 4 is 55.8 Å². The number of hydrogen-bond donors (Lipinski definition) is 0. The number of carbonyl (C=O) groups is 1. The number of aryl methyl sites for hydroxylation is 2. The number of fused-ring (bicyclic) bond motifs is 1. The average molecular weight is 445 g/mol. The van der Waals surface area contributed by atoms with Gasteiger partial charge in [-0.2, -0.15) is 0 Å². The highest BCUT2D eigenvalue weighted by atomic mass is 35.5. The van der Waals surface area contributed by atoms with Crippen LogP contribution < -0.4 is 4.90 Å². The smallest absolute Gasteiger partial charge is 0.260 e. The minimum atomic E-state index is -0.111. The van der Waals surface area contributed by atoms with Gasteiger partial charge in [0.15, 0.2) is 5.13 Å². The van der Waals surface area contributed by atoms with Gasteiger partial charge in [0, 0.05) is 36.1 Å². The topological polar surface area (TPSA) is 51.0 Å². The molecular formula is C21H18Cl2N4OS. The van der Waals surface area contributed by atoms with E-state index in [0.717, 1.165) is 28.7 Å². The molecule has 0 aliphatic rings. The van der Waals surface area contributed by atoms with Crippen molar-refractivity contribution in [2.24, 2.45) is 0 Å². The lowest BCUT2D eigenvalue weighted by Crippen LogP contribution is -2.32. The molecule has 4 rings (SSSR count). The van der Waals surface area contributed by atoms with Crippen LogP contribution in [-0.4, -0.2) is 27.0 Å². The number of thiazole rings is 1. The molecule has 29 heavy (non-hydrogen) atoms. The van der Waals surface area contributed by atoms with Gasteiger partial charge in [0.2, 0.25) is 0 Å². The maximum atomic E-state index is 13.3. The number of anilines is 1. The van der Waals surface area contributed by atoms with Crippen LogP contribution in [0.25, 0.3) is 10.2 Å². The van der Waals surface area contributed by atoms with Gasteiger partial charge in [-0.05, 0) is 49.2 Å². The van der Waals surface area contributed by atoms with Crippen molar-refractivity contribution in [2.75, 3.05) is 11.4 Å². The number of hydrogen-bond acceptors (Lipinski definition) is 4. The SMILES string of the molecule is Cc1ccc(Cl)c2sc(N(CCCn3ccnc3)C(=O)c3ccc(Cl)cc3)nc12. The van der Waals surface area contributed by atoms with Gasteiger partial charge in [-0.15, -0.1) is 0 Å². The zero-order valence-electron chi connectivity index (χ0n) is 15.7. The Morgan fingerprint density at radius 2 is 1.97 bits per heavy atom.